The van der Waals surface area contributed by atoms with Crippen LogP contribution >= 0.6 is 0 Å². The summed E-state index contributed by atoms with van der Waals surface area (Å²) in [6, 6.07) is 3.94. The van der Waals surface area contributed by atoms with Gasteiger partial charge in [0.25, 0.3) is 0 Å². The minimum absolute atomic E-state index is 0.00215. The molecule has 0 saturated carbocycles. The Bertz CT molecular complexity index is 3230. The second-order valence-corrected chi connectivity index (χ2v) is 24.8. The van der Waals surface area contributed by atoms with Gasteiger partial charge in [-0.15, -0.1) is 0 Å². The number of carbonyl (C=O) groups is 14. The number of aliphatic hydroxyl groups is 1. The normalized spacial score (nSPS) is 21.2. The Balaban J connectivity index is 1.51. The van der Waals surface area contributed by atoms with Gasteiger partial charge in [0.2, 0.25) is 70.9 Å². The zero-order chi connectivity index (χ0) is 77.1. The van der Waals surface area contributed by atoms with E-state index >= 15 is 0 Å². The van der Waals surface area contributed by atoms with Gasteiger partial charge in [-0.2, -0.15) is 0 Å². The molecule has 2 fully saturated rings. The van der Waals surface area contributed by atoms with Crippen LogP contribution in [0.25, 0.3) is 0 Å². The molecule has 0 bridgehead atoms. The predicted octanol–water partition coefficient (Wildman–Crippen LogP) is -6.90. The van der Waals surface area contributed by atoms with E-state index in [1.807, 2.05) is 0 Å². The maximum absolute atomic E-state index is 14.3. The zero-order valence-corrected chi connectivity index (χ0v) is 58.5. The summed E-state index contributed by atoms with van der Waals surface area (Å²) in [4.78, 5) is 190. The lowest BCUT2D eigenvalue weighted by Crippen LogP contribution is -2.58. The van der Waals surface area contributed by atoms with E-state index in [0.717, 1.165) is 0 Å². The van der Waals surface area contributed by atoms with E-state index in [2.05, 4.69) is 79.8 Å². The molecule has 2 aliphatic heterocycles. The van der Waals surface area contributed by atoms with E-state index in [4.69, 9.17) is 37.5 Å². The van der Waals surface area contributed by atoms with Crippen molar-refractivity contribution in [1.29, 1.82) is 10.8 Å². The fourth-order valence-electron chi connectivity index (χ4n) is 10.8. The molecule has 39 nitrogen and oxygen atoms in total. The van der Waals surface area contributed by atoms with Crippen LogP contribution in [0, 0.1) is 10.8 Å². The second-order valence-electron chi connectivity index (χ2n) is 24.8. The molecular weight excluding hydrogens is 1380 g/mol. The highest BCUT2D eigenvalue weighted by Crippen LogP contribution is 2.13. The number of carbonyl (C=O) groups excluding carboxylic acids is 12. The summed E-state index contributed by atoms with van der Waals surface area (Å²) in [5, 5.41) is 83.8. The van der Waals surface area contributed by atoms with Crippen LogP contribution in [0.5, 0.6) is 0 Å². The van der Waals surface area contributed by atoms with Crippen LogP contribution in [-0.4, -0.2) is 243 Å². The minimum Gasteiger partial charge on any atom is -0.481 e. The van der Waals surface area contributed by atoms with Crippen molar-refractivity contribution in [3.05, 3.63) is 71.8 Å². The minimum atomic E-state index is -1.71. The van der Waals surface area contributed by atoms with Crippen LogP contribution in [0.3, 0.4) is 0 Å². The van der Waals surface area contributed by atoms with Crippen LogP contribution in [0.4, 0.5) is 0 Å². The fourth-order valence-corrected chi connectivity index (χ4v) is 10.8. The molecule has 2 heterocycles. The molecule has 12 amide bonds. The lowest BCUT2D eigenvalue weighted by molar-refractivity contribution is -0.141. The zero-order valence-electron chi connectivity index (χ0n) is 58.5. The number of hydrogen-bond donors (Lipinski definition) is 23. The Hall–Kier alpha value is -10.6. The van der Waals surface area contributed by atoms with Crippen LogP contribution in [0.1, 0.15) is 107 Å². The van der Waals surface area contributed by atoms with Gasteiger partial charge in [-0.1, -0.05) is 60.7 Å². The van der Waals surface area contributed by atoms with E-state index in [-0.39, 0.29) is 154 Å². The highest BCUT2D eigenvalue weighted by molar-refractivity contribution is 5.99. The topological polar surface area (TPSA) is 624 Å². The van der Waals surface area contributed by atoms with Crippen LogP contribution < -0.4 is 97.0 Å². The molecule has 580 valence electrons. The van der Waals surface area contributed by atoms with Crippen molar-refractivity contribution in [2.24, 2.45) is 17.2 Å². The Labute approximate surface area is 606 Å². The van der Waals surface area contributed by atoms with Crippen LogP contribution in [0.15, 0.2) is 60.7 Å². The number of unbranched alkanes of at least 4 members (excludes halogenated alkanes) is 2. The summed E-state index contributed by atoms with van der Waals surface area (Å²) in [7, 11) is 0. The van der Waals surface area contributed by atoms with Crippen molar-refractivity contribution in [2.75, 3.05) is 72.2 Å². The predicted molar refractivity (Wildman–Crippen MR) is 376 cm³/mol. The largest absolute Gasteiger partial charge is 0.481 e. The number of guanidine groups is 2. The van der Waals surface area contributed by atoms with E-state index in [1.54, 1.807) is 60.7 Å². The lowest BCUT2D eigenvalue weighted by Gasteiger charge is -2.26. The summed E-state index contributed by atoms with van der Waals surface area (Å²) in [5.41, 5.74) is 17.4. The third kappa shape index (κ3) is 35.9. The van der Waals surface area contributed by atoms with Gasteiger partial charge in [0, 0.05) is 58.4 Å². The van der Waals surface area contributed by atoms with Crippen LogP contribution in [-0.2, 0) is 89.4 Å². The number of aliphatic carboxylic acids is 2. The number of ether oxygens (including phenoxy) is 2. The van der Waals surface area contributed by atoms with Gasteiger partial charge in [-0.25, -0.2) is 0 Å². The van der Waals surface area contributed by atoms with Crippen LogP contribution in [0.2, 0.25) is 0 Å². The first-order valence-electron chi connectivity index (χ1n) is 34.7. The SMILES string of the molecule is N=C(N)NCCC[C@@H]1NC(=O)[C@H](CCCCNC(=O)[C@H](CCC(=O)NCCCC[C@@H]2NC(=O)[C@@H](Cc3ccccc3)NC(=O)[C@H](CC(=O)O)N[C@H](O)CNC(=O)[C@H](CCCNC(=N)N)NC2=O)NC(=O)CCOCCOCCN)NC(=O)[C@@H](Cc2ccccc2)NC(=O)[C@H](CC(=O)O)NC(=O)CNC1=O. The first-order chi connectivity index (χ1) is 50.2. The molecule has 0 aromatic heterocycles. The maximum atomic E-state index is 14.3. The van der Waals surface area contributed by atoms with Gasteiger partial charge in [-0.05, 0) is 81.8 Å². The third-order valence-corrected chi connectivity index (χ3v) is 16.2. The Kier molecular flexibility index (Phi) is 39.9. The van der Waals surface area contributed by atoms with E-state index in [9.17, 15) is 82.4 Å². The molecule has 39 heteroatoms. The molecular formula is C66H102N20O19. The molecule has 4 rings (SSSR count). The number of β-amino-alcohol motifs (C(OH)–C–C–N with tert-alkyl or cyclic N) is 1. The number of hydrogen-bond acceptors (Lipinski definition) is 21. The molecule has 2 aromatic carbocycles. The average molecular weight is 1480 g/mol. The van der Waals surface area contributed by atoms with Crippen molar-refractivity contribution in [3.8, 4) is 0 Å². The first kappa shape index (κ1) is 86.8. The fraction of sp³-hybridized carbons (Fsp3) is 0.576. The van der Waals surface area contributed by atoms with Crippen molar-refractivity contribution >= 4 is 94.7 Å². The number of carboxylic acid groups (broad SMARTS) is 2. The maximum Gasteiger partial charge on any atom is 0.305 e. The number of amides is 12. The van der Waals surface area contributed by atoms with Gasteiger partial charge in [0.15, 0.2) is 11.9 Å². The molecule has 2 aliphatic rings. The molecule has 0 spiro atoms. The average Bonchev–Trinajstić information content (AvgIpc) is 1.80. The third-order valence-electron chi connectivity index (χ3n) is 16.2. The number of nitrogens with two attached hydrogens (primary N) is 3. The Morgan fingerprint density at radius 3 is 1.39 bits per heavy atom. The summed E-state index contributed by atoms with van der Waals surface area (Å²) in [5.74, 6) is -13.6. The van der Waals surface area contributed by atoms with Crippen molar-refractivity contribution in [3.63, 3.8) is 0 Å². The van der Waals surface area contributed by atoms with E-state index in [0.29, 0.717) is 24.3 Å². The number of carboxylic acids is 2. The summed E-state index contributed by atoms with van der Waals surface area (Å²) < 4.78 is 10.8. The smallest absolute Gasteiger partial charge is 0.305 e. The quantitative estimate of drug-likeness (QED) is 0.0168. The number of aliphatic hydroxyl groups excluding tert-OH is 1. The number of rotatable bonds is 39. The van der Waals surface area contributed by atoms with Gasteiger partial charge in [0.05, 0.1) is 58.4 Å². The first-order valence-corrected chi connectivity index (χ1v) is 34.7. The van der Waals surface area contributed by atoms with Crippen molar-refractivity contribution in [1.82, 2.24) is 79.8 Å². The summed E-state index contributed by atoms with van der Waals surface area (Å²) in [6.45, 7) is -0.293. The second kappa shape index (κ2) is 48.3. The Morgan fingerprint density at radius 2 is 0.895 bits per heavy atom. The van der Waals surface area contributed by atoms with E-state index in [1.165, 1.54) is 0 Å². The molecule has 105 heavy (non-hydrogen) atoms. The lowest BCUT2D eigenvalue weighted by atomic mass is 10.0. The molecule has 10 atom stereocenters. The molecule has 26 N–H and O–H groups in total. The highest BCUT2D eigenvalue weighted by Gasteiger charge is 2.36. The molecule has 2 saturated heterocycles. The molecule has 0 aliphatic carbocycles. The standard InChI is InChI=1S/C66H102N20O19/c67-24-30-105-32-31-104-29-23-51(88)78-45(56(95)73-26-10-8-18-44-60(99)82-42(20-12-28-75-66(70)71)58(97)77-38-53(90)80-49(36-55(93)94)64(103)86-47(62(101)84-44)34-40-15-5-2-6-16-40)21-22-50(87)72-25-9-7-17-43-59(98)81-41(19-11-27-74-65(68)69)57(96)76-37-52(89)79-48(35-54(91)92)63(102)85-46(61(100)83-43)33-39-13-3-1-4-14-39/h1-6,13-16,41-49,52,79,89H,7-12,17-38,67H2,(H,72,87)(H,73,95)(H,76,96)(H,77,97)(H,78,88)(H,80,90)(H,81,98)(H,82,99)(H,83,100)(H,84,101)(H,85,102)(H,86,103)(H,91,92)(H,93,94)(H4,68,69,74)(H4,70,71,75)/t41-,42-,43-,44-,45-,46+,47+,48-,49-,52+/m0/s1. The molecule has 0 unspecified atom stereocenters. The van der Waals surface area contributed by atoms with E-state index < -0.39 is 169 Å². The highest BCUT2D eigenvalue weighted by atomic mass is 16.5. The molecule has 0 radical (unpaired) electrons. The van der Waals surface area contributed by atoms with Gasteiger partial charge in [0.1, 0.15) is 54.6 Å². The summed E-state index contributed by atoms with van der Waals surface area (Å²) >= 11 is 0. The monoisotopic (exact) mass is 1480 g/mol. The number of benzene rings is 2. The van der Waals surface area contributed by atoms with Crippen molar-refractivity contribution in [2.45, 2.75) is 170 Å². The van der Waals surface area contributed by atoms with Gasteiger partial charge >= 0.3 is 11.9 Å². The van der Waals surface area contributed by atoms with Gasteiger partial charge in [-0.3, -0.25) is 83.3 Å². The Morgan fingerprint density at radius 1 is 0.476 bits per heavy atom. The van der Waals surface area contributed by atoms with Crippen molar-refractivity contribution < 1.29 is 91.9 Å². The number of nitrogens with one attached hydrogen (secondary N) is 17. The molecule has 2 aromatic rings. The summed E-state index contributed by atoms with van der Waals surface area (Å²) in [6.07, 6.45) is -3.87. The van der Waals surface area contributed by atoms with Gasteiger partial charge < -0.3 is 116 Å².